The minimum Gasteiger partial charge on any atom is -0.399 e. The average Bonchev–Trinajstić information content (AvgIpc) is 3.31. The third kappa shape index (κ3) is 2.40. The fourth-order valence-corrected chi connectivity index (χ4v) is 2.39. The van der Waals surface area contributed by atoms with Crippen molar-refractivity contribution < 1.29 is 0 Å². The summed E-state index contributed by atoms with van der Waals surface area (Å²) in [5.41, 5.74) is 8.51. The van der Waals surface area contributed by atoms with Crippen LogP contribution in [0.15, 0.2) is 48.5 Å². The first-order chi connectivity index (χ1) is 10.3. The Morgan fingerprint density at radius 3 is 2.57 bits per heavy atom. The quantitative estimate of drug-likeness (QED) is 0.719. The normalized spacial score (nSPS) is 14.3. The summed E-state index contributed by atoms with van der Waals surface area (Å²) in [6.45, 7) is 0. The zero-order valence-corrected chi connectivity index (χ0v) is 11.6. The maximum atomic E-state index is 5.90. The van der Waals surface area contributed by atoms with Gasteiger partial charge in [0.05, 0.1) is 5.52 Å². The number of anilines is 2. The van der Waals surface area contributed by atoms with E-state index in [4.69, 9.17) is 10.7 Å². The topological polar surface area (TPSA) is 63.8 Å². The van der Waals surface area contributed by atoms with Gasteiger partial charge in [0, 0.05) is 22.7 Å². The van der Waals surface area contributed by atoms with Crippen LogP contribution in [-0.4, -0.2) is 16.0 Å². The van der Waals surface area contributed by atoms with E-state index in [0.717, 1.165) is 33.8 Å². The Morgan fingerprint density at radius 2 is 1.81 bits per heavy atom. The molecule has 2 aromatic carbocycles. The molecule has 1 aliphatic carbocycles. The first-order valence-corrected chi connectivity index (χ1v) is 7.19. The number of hydrogen-bond acceptors (Lipinski definition) is 4. The lowest BCUT2D eigenvalue weighted by Crippen LogP contribution is -2.06. The van der Waals surface area contributed by atoms with Crippen LogP contribution in [0.25, 0.3) is 22.3 Å². The van der Waals surface area contributed by atoms with Gasteiger partial charge in [-0.05, 0) is 31.0 Å². The van der Waals surface area contributed by atoms with E-state index in [9.17, 15) is 0 Å². The number of rotatable bonds is 3. The summed E-state index contributed by atoms with van der Waals surface area (Å²) < 4.78 is 0. The van der Waals surface area contributed by atoms with E-state index in [1.165, 1.54) is 12.8 Å². The summed E-state index contributed by atoms with van der Waals surface area (Å²) in [6.07, 6.45) is 2.42. The van der Waals surface area contributed by atoms with Crippen molar-refractivity contribution in [2.45, 2.75) is 18.9 Å². The zero-order valence-electron chi connectivity index (χ0n) is 11.6. The first kappa shape index (κ1) is 12.1. The van der Waals surface area contributed by atoms with Crippen LogP contribution in [0.5, 0.6) is 0 Å². The van der Waals surface area contributed by atoms with Gasteiger partial charge in [-0.25, -0.2) is 9.97 Å². The number of nitrogens with two attached hydrogens (primary N) is 1. The average molecular weight is 276 g/mol. The molecule has 104 valence electrons. The van der Waals surface area contributed by atoms with Gasteiger partial charge in [0.25, 0.3) is 0 Å². The maximum Gasteiger partial charge on any atom is 0.162 e. The number of fused-ring (bicyclic) bond motifs is 1. The van der Waals surface area contributed by atoms with Crippen molar-refractivity contribution in [1.82, 2.24) is 9.97 Å². The van der Waals surface area contributed by atoms with E-state index < -0.39 is 0 Å². The summed E-state index contributed by atoms with van der Waals surface area (Å²) in [6, 6.07) is 16.4. The van der Waals surface area contributed by atoms with Crippen LogP contribution in [0.3, 0.4) is 0 Å². The molecule has 1 aromatic heterocycles. The Labute approximate surface area is 123 Å². The predicted octanol–water partition coefficient (Wildman–Crippen LogP) is 3.45. The Morgan fingerprint density at radius 1 is 1.00 bits per heavy atom. The predicted molar refractivity (Wildman–Crippen MR) is 86.0 cm³/mol. The van der Waals surface area contributed by atoms with Gasteiger partial charge in [-0.3, -0.25) is 0 Å². The highest BCUT2D eigenvalue weighted by Crippen LogP contribution is 2.30. The van der Waals surface area contributed by atoms with Gasteiger partial charge in [-0.2, -0.15) is 0 Å². The molecule has 1 fully saturated rings. The van der Waals surface area contributed by atoms with Crippen LogP contribution < -0.4 is 11.1 Å². The molecule has 1 heterocycles. The molecule has 0 spiro atoms. The lowest BCUT2D eigenvalue weighted by atomic mass is 10.1. The van der Waals surface area contributed by atoms with Gasteiger partial charge >= 0.3 is 0 Å². The molecule has 0 atom stereocenters. The highest BCUT2D eigenvalue weighted by Gasteiger charge is 2.23. The van der Waals surface area contributed by atoms with Crippen molar-refractivity contribution in [3.05, 3.63) is 48.5 Å². The number of nitrogens with one attached hydrogen (secondary N) is 1. The minimum atomic E-state index is 0.546. The summed E-state index contributed by atoms with van der Waals surface area (Å²) in [5, 5.41) is 4.52. The molecule has 0 radical (unpaired) electrons. The van der Waals surface area contributed by atoms with Crippen molar-refractivity contribution in [2.24, 2.45) is 0 Å². The standard InChI is InChI=1S/C17H16N4/c18-12-6-9-14-15(10-12)20-16(11-4-2-1-3-5-11)21-17(14)19-13-7-8-13/h1-6,9-10,13H,7-8,18H2,(H,19,20,21). The van der Waals surface area contributed by atoms with Crippen LogP contribution in [0.4, 0.5) is 11.5 Å². The molecule has 4 nitrogen and oxygen atoms in total. The monoisotopic (exact) mass is 276 g/mol. The van der Waals surface area contributed by atoms with E-state index in [1.54, 1.807) is 0 Å². The molecule has 0 aliphatic heterocycles. The van der Waals surface area contributed by atoms with Gasteiger partial charge in [0.2, 0.25) is 0 Å². The number of aromatic nitrogens is 2. The fraction of sp³-hybridized carbons (Fsp3) is 0.176. The maximum absolute atomic E-state index is 5.90. The molecule has 3 aromatic rings. The van der Waals surface area contributed by atoms with Crippen LogP contribution in [-0.2, 0) is 0 Å². The number of nitrogens with zero attached hydrogens (tertiary/aromatic N) is 2. The zero-order chi connectivity index (χ0) is 14.2. The Hall–Kier alpha value is -2.62. The van der Waals surface area contributed by atoms with Crippen LogP contribution in [0.2, 0.25) is 0 Å². The molecule has 21 heavy (non-hydrogen) atoms. The molecule has 0 bridgehead atoms. The largest absolute Gasteiger partial charge is 0.399 e. The second kappa shape index (κ2) is 4.74. The molecule has 4 rings (SSSR count). The lowest BCUT2D eigenvalue weighted by molar-refractivity contribution is 1.11. The van der Waals surface area contributed by atoms with E-state index in [-0.39, 0.29) is 0 Å². The van der Waals surface area contributed by atoms with Gasteiger partial charge in [0.15, 0.2) is 5.82 Å². The molecule has 0 unspecified atom stereocenters. The second-order valence-corrected chi connectivity index (χ2v) is 5.46. The Kier molecular flexibility index (Phi) is 2.74. The van der Waals surface area contributed by atoms with Crippen molar-refractivity contribution in [3.8, 4) is 11.4 Å². The van der Waals surface area contributed by atoms with Gasteiger partial charge < -0.3 is 11.1 Å². The molecule has 3 N–H and O–H groups in total. The summed E-state index contributed by atoms with van der Waals surface area (Å²) >= 11 is 0. The van der Waals surface area contributed by atoms with E-state index in [1.807, 2.05) is 48.5 Å². The Bertz CT molecular complexity index is 794. The summed E-state index contributed by atoms with van der Waals surface area (Å²) in [4.78, 5) is 9.38. The number of nitrogen functional groups attached to an aromatic ring is 1. The van der Waals surface area contributed by atoms with Crippen LogP contribution >= 0.6 is 0 Å². The van der Waals surface area contributed by atoms with Crippen molar-refractivity contribution >= 4 is 22.4 Å². The number of hydrogen-bond donors (Lipinski definition) is 2. The lowest BCUT2D eigenvalue weighted by Gasteiger charge is -2.10. The molecule has 0 amide bonds. The van der Waals surface area contributed by atoms with E-state index in [0.29, 0.717) is 6.04 Å². The third-order valence-electron chi connectivity index (χ3n) is 3.67. The molecular formula is C17H16N4. The van der Waals surface area contributed by atoms with Gasteiger partial charge in [-0.15, -0.1) is 0 Å². The number of benzene rings is 2. The molecule has 1 saturated carbocycles. The van der Waals surface area contributed by atoms with Crippen molar-refractivity contribution in [3.63, 3.8) is 0 Å². The van der Waals surface area contributed by atoms with Gasteiger partial charge in [0.1, 0.15) is 5.82 Å². The first-order valence-electron chi connectivity index (χ1n) is 7.19. The molecule has 1 aliphatic rings. The van der Waals surface area contributed by atoms with Crippen LogP contribution in [0.1, 0.15) is 12.8 Å². The summed E-state index contributed by atoms with van der Waals surface area (Å²) in [5.74, 6) is 1.64. The fourth-order valence-electron chi connectivity index (χ4n) is 2.39. The van der Waals surface area contributed by atoms with Crippen molar-refractivity contribution in [1.29, 1.82) is 0 Å². The molecule has 4 heteroatoms. The highest BCUT2D eigenvalue weighted by atomic mass is 15.1. The Balaban J connectivity index is 1.91. The van der Waals surface area contributed by atoms with Gasteiger partial charge in [-0.1, -0.05) is 30.3 Å². The van der Waals surface area contributed by atoms with Crippen LogP contribution in [0, 0.1) is 0 Å². The van der Waals surface area contributed by atoms with E-state index >= 15 is 0 Å². The molecule has 0 saturated heterocycles. The van der Waals surface area contributed by atoms with Crippen molar-refractivity contribution in [2.75, 3.05) is 11.1 Å². The minimum absolute atomic E-state index is 0.546. The molecular weight excluding hydrogens is 260 g/mol. The third-order valence-corrected chi connectivity index (χ3v) is 3.67. The second-order valence-electron chi connectivity index (χ2n) is 5.46. The smallest absolute Gasteiger partial charge is 0.162 e. The SMILES string of the molecule is Nc1ccc2c(NC3CC3)nc(-c3ccccc3)nc2c1. The highest BCUT2D eigenvalue weighted by molar-refractivity contribution is 5.92. The van der Waals surface area contributed by atoms with E-state index in [2.05, 4.69) is 10.3 Å². The summed E-state index contributed by atoms with van der Waals surface area (Å²) in [7, 11) is 0.